The van der Waals surface area contributed by atoms with Gasteiger partial charge in [-0.15, -0.1) is 0 Å². The van der Waals surface area contributed by atoms with E-state index in [4.69, 9.17) is 0 Å². The maximum absolute atomic E-state index is 12.8. The van der Waals surface area contributed by atoms with Crippen molar-refractivity contribution in [2.45, 2.75) is 57.4 Å². The molecular formula is C24H32N2OS. The first-order valence-corrected chi connectivity index (χ1v) is 11.7. The number of nitrogens with zero attached hydrogens (tertiary/aromatic N) is 2. The number of hydrogen-bond donors (Lipinski definition) is 0. The topological polar surface area (TPSA) is 23.6 Å². The van der Waals surface area contributed by atoms with Gasteiger partial charge in [-0.2, -0.15) is 11.3 Å². The largest absolute Gasteiger partial charge is 0.343 e. The van der Waals surface area contributed by atoms with Gasteiger partial charge in [-0.25, -0.2) is 0 Å². The summed E-state index contributed by atoms with van der Waals surface area (Å²) in [6, 6.07) is 11.2. The van der Waals surface area contributed by atoms with Gasteiger partial charge in [0.25, 0.3) is 0 Å². The highest BCUT2D eigenvalue weighted by Gasteiger charge is 2.45. The summed E-state index contributed by atoms with van der Waals surface area (Å²) in [5, 5.41) is 4.44. The van der Waals surface area contributed by atoms with Crippen LogP contribution in [-0.2, 0) is 16.8 Å². The minimum absolute atomic E-state index is 0.274. The van der Waals surface area contributed by atoms with E-state index in [0.717, 1.165) is 39.1 Å². The summed E-state index contributed by atoms with van der Waals surface area (Å²) in [6.07, 6.45) is 4.24. The number of likely N-dealkylation sites (tertiary alicyclic amines) is 1. The van der Waals surface area contributed by atoms with Crippen LogP contribution in [0, 0.1) is 0 Å². The van der Waals surface area contributed by atoms with Gasteiger partial charge in [-0.1, -0.05) is 24.3 Å². The maximum Gasteiger partial charge on any atom is 0.223 e. The van der Waals surface area contributed by atoms with Gasteiger partial charge in [-0.3, -0.25) is 9.69 Å². The molecule has 1 aliphatic carbocycles. The van der Waals surface area contributed by atoms with Crippen LogP contribution in [0.2, 0.25) is 0 Å². The van der Waals surface area contributed by atoms with Crippen molar-refractivity contribution in [1.82, 2.24) is 9.80 Å². The Morgan fingerprint density at radius 2 is 1.93 bits per heavy atom. The Hall–Kier alpha value is -1.65. The first kappa shape index (κ1) is 19.7. The normalized spacial score (nSPS) is 21.0. The first-order valence-electron chi connectivity index (χ1n) is 10.8. The minimum Gasteiger partial charge on any atom is -0.343 e. The zero-order valence-electron chi connectivity index (χ0n) is 17.2. The summed E-state index contributed by atoms with van der Waals surface area (Å²) in [5.74, 6) is 0.699. The molecule has 1 fully saturated rings. The molecule has 1 atom stereocenters. The molecule has 1 saturated heterocycles. The minimum atomic E-state index is 0.274. The molecule has 0 radical (unpaired) electrons. The fourth-order valence-electron chi connectivity index (χ4n) is 5.38. The molecule has 1 amide bonds. The van der Waals surface area contributed by atoms with Crippen LogP contribution in [0.3, 0.4) is 0 Å². The van der Waals surface area contributed by atoms with Gasteiger partial charge in [0.2, 0.25) is 5.91 Å². The number of hydrogen-bond acceptors (Lipinski definition) is 3. The Bertz CT molecular complexity index is 789. The lowest BCUT2D eigenvalue weighted by molar-refractivity contribution is -0.131. The highest BCUT2D eigenvalue weighted by molar-refractivity contribution is 7.07. The van der Waals surface area contributed by atoms with Crippen LogP contribution in [-0.4, -0.2) is 41.9 Å². The van der Waals surface area contributed by atoms with Crippen LogP contribution in [0.25, 0.3) is 0 Å². The summed E-state index contributed by atoms with van der Waals surface area (Å²) < 4.78 is 0. The third kappa shape index (κ3) is 3.77. The van der Waals surface area contributed by atoms with E-state index in [-0.39, 0.29) is 5.41 Å². The molecule has 1 aliphatic heterocycles. The number of amides is 1. The zero-order chi connectivity index (χ0) is 19.6. The molecule has 1 aromatic heterocycles. The fourth-order valence-corrected chi connectivity index (χ4v) is 6.04. The Labute approximate surface area is 173 Å². The Kier molecular flexibility index (Phi) is 5.88. The lowest BCUT2D eigenvalue weighted by atomic mass is 9.73. The molecule has 1 spiro atoms. The van der Waals surface area contributed by atoms with Crippen LogP contribution in [0.4, 0.5) is 0 Å². The number of rotatable bonds is 6. The third-order valence-electron chi connectivity index (χ3n) is 6.95. The quantitative estimate of drug-likeness (QED) is 0.684. The van der Waals surface area contributed by atoms with Crippen molar-refractivity contribution in [2.24, 2.45) is 0 Å². The number of carbonyl (C=O) groups is 1. The van der Waals surface area contributed by atoms with E-state index >= 15 is 0 Å². The molecule has 2 heterocycles. The summed E-state index contributed by atoms with van der Waals surface area (Å²) in [7, 11) is 0. The van der Waals surface area contributed by atoms with Crippen LogP contribution in [0.1, 0.15) is 62.1 Å². The second-order valence-corrected chi connectivity index (χ2v) is 9.23. The van der Waals surface area contributed by atoms with Crippen molar-refractivity contribution >= 4 is 17.2 Å². The standard InChI is InChI=1S/C24H32N2OS/c1-3-26(4-2)23(27)15-20-16-24(22-8-6-5-7-21(20)22)10-12-25(13-11-24)17-19-9-14-28-18-19/h5-9,14,18,20H,3-4,10-13,15-17H2,1-2H3/t20-/m0/s1. The lowest BCUT2D eigenvalue weighted by Gasteiger charge is -2.40. The number of fused-ring (bicyclic) bond motifs is 2. The lowest BCUT2D eigenvalue weighted by Crippen LogP contribution is -2.41. The van der Waals surface area contributed by atoms with Gasteiger partial charge < -0.3 is 4.90 Å². The SMILES string of the molecule is CCN(CC)C(=O)C[C@H]1CC2(CCN(Cc3ccsc3)CC2)c2ccccc21. The molecule has 150 valence electrons. The number of benzene rings is 1. The Morgan fingerprint density at radius 1 is 1.18 bits per heavy atom. The van der Waals surface area contributed by atoms with Gasteiger partial charge in [-0.05, 0) is 91.0 Å². The van der Waals surface area contributed by atoms with E-state index < -0.39 is 0 Å². The molecular weight excluding hydrogens is 364 g/mol. The first-order chi connectivity index (χ1) is 13.6. The highest BCUT2D eigenvalue weighted by atomic mass is 32.1. The molecule has 4 heteroatoms. The summed E-state index contributed by atoms with van der Waals surface area (Å²) in [6.45, 7) is 9.16. The Balaban J connectivity index is 1.48. The molecule has 3 nitrogen and oxygen atoms in total. The van der Waals surface area contributed by atoms with Gasteiger partial charge in [0.1, 0.15) is 0 Å². The monoisotopic (exact) mass is 396 g/mol. The average Bonchev–Trinajstić information content (AvgIpc) is 3.32. The van der Waals surface area contributed by atoms with Crippen LogP contribution < -0.4 is 0 Å². The van der Waals surface area contributed by atoms with Gasteiger partial charge >= 0.3 is 0 Å². The van der Waals surface area contributed by atoms with Gasteiger partial charge in [0.15, 0.2) is 0 Å². The zero-order valence-corrected chi connectivity index (χ0v) is 18.0. The fraction of sp³-hybridized carbons (Fsp3) is 0.542. The van der Waals surface area contributed by atoms with E-state index in [1.165, 1.54) is 29.5 Å². The maximum atomic E-state index is 12.8. The molecule has 0 N–H and O–H groups in total. The van der Waals surface area contributed by atoms with E-state index in [1.54, 1.807) is 11.3 Å². The van der Waals surface area contributed by atoms with E-state index in [1.807, 2.05) is 4.90 Å². The molecule has 4 rings (SSSR count). The van der Waals surface area contributed by atoms with Crippen LogP contribution >= 0.6 is 11.3 Å². The third-order valence-corrected chi connectivity index (χ3v) is 7.68. The van der Waals surface area contributed by atoms with Gasteiger partial charge in [0.05, 0.1) is 0 Å². The van der Waals surface area contributed by atoms with E-state index in [9.17, 15) is 4.79 Å². The van der Waals surface area contributed by atoms with Crippen LogP contribution in [0.15, 0.2) is 41.1 Å². The van der Waals surface area contributed by atoms with Crippen molar-refractivity contribution in [3.05, 3.63) is 57.8 Å². The van der Waals surface area contributed by atoms with Crippen molar-refractivity contribution in [3.63, 3.8) is 0 Å². The molecule has 0 unspecified atom stereocenters. The Morgan fingerprint density at radius 3 is 2.61 bits per heavy atom. The van der Waals surface area contributed by atoms with E-state index in [2.05, 4.69) is 59.8 Å². The summed E-state index contributed by atoms with van der Waals surface area (Å²) in [5.41, 5.74) is 4.68. The van der Waals surface area contributed by atoms with Crippen molar-refractivity contribution in [1.29, 1.82) is 0 Å². The molecule has 2 aromatic rings. The number of carbonyl (C=O) groups excluding carboxylic acids is 1. The number of thiophene rings is 1. The van der Waals surface area contributed by atoms with Crippen molar-refractivity contribution < 1.29 is 4.79 Å². The summed E-state index contributed by atoms with van der Waals surface area (Å²) in [4.78, 5) is 17.4. The smallest absolute Gasteiger partial charge is 0.223 e. The predicted octanol–water partition coefficient (Wildman–Crippen LogP) is 5.03. The average molecular weight is 397 g/mol. The van der Waals surface area contributed by atoms with Gasteiger partial charge in [0, 0.05) is 26.1 Å². The molecule has 28 heavy (non-hydrogen) atoms. The number of piperidine rings is 1. The van der Waals surface area contributed by atoms with Crippen molar-refractivity contribution in [3.8, 4) is 0 Å². The molecule has 2 aliphatic rings. The van der Waals surface area contributed by atoms with Crippen LogP contribution in [0.5, 0.6) is 0 Å². The summed E-state index contributed by atoms with van der Waals surface area (Å²) >= 11 is 1.79. The van der Waals surface area contributed by atoms with E-state index in [0.29, 0.717) is 18.2 Å². The highest BCUT2D eigenvalue weighted by Crippen LogP contribution is 2.52. The predicted molar refractivity (Wildman–Crippen MR) is 117 cm³/mol. The molecule has 1 aromatic carbocycles. The second kappa shape index (κ2) is 8.38. The van der Waals surface area contributed by atoms with Crippen molar-refractivity contribution in [2.75, 3.05) is 26.2 Å². The molecule has 0 bridgehead atoms. The second-order valence-electron chi connectivity index (χ2n) is 8.45. The molecule has 0 saturated carbocycles.